The van der Waals surface area contributed by atoms with Crippen LogP contribution in [0.25, 0.3) is 5.57 Å². The van der Waals surface area contributed by atoms with E-state index in [2.05, 4.69) is 0 Å². The van der Waals surface area contributed by atoms with E-state index in [1.165, 1.54) is 14.2 Å². The standard InChI is InChI=1S/C22H21ClF2N2O4/c1-30-11-9-26(10-12-31-2)20-19(14-3-5-15(23)6-4-14)21(28)27(22(20)29)18-8-7-16(24)13-17(18)25/h3-8,13H,9-12H2,1-2H3. The van der Waals surface area contributed by atoms with Gasteiger partial charge in [0.15, 0.2) is 0 Å². The molecule has 1 heterocycles. The Morgan fingerprint density at radius 3 is 2.10 bits per heavy atom. The van der Waals surface area contributed by atoms with Crippen molar-refractivity contribution in [3.05, 3.63) is 70.4 Å². The summed E-state index contributed by atoms with van der Waals surface area (Å²) < 4.78 is 38.2. The lowest BCUT2D eigenvalue weighted by molar-refractivity contribution is -0.120. The van der Waals surface area contributed by atoms with Gasteiger partial charge in [-0.15, -0.1) is 0 Å². The van der Waals surface area contributed by atoms with Crippen molar-refractivity contribution in [1.29, 1.82) is 0 Å². The highest BCUT2D eigenvalue weighted by molar-refractivity contribution is 6.45. The molecule has 2 aromatic rings. The van der Waals surface area contributed by atoms with Crippen LogP contribution in [0.5, 0.6) is 0 Å². The second kappa shape index (κ2) is 10.00. The molecule has 1 aliphatic heterocycles. The normalized spacial score (nSPS) is 14.0. The van der Waals surface area contributed by atoms with E-state index in [9.17, 15) is 18.4 Å². The Labute approximate surface area is 183 Å². The van der Waals surface area contributed by atoms with Crippen molar-refractivity contribution in [2.45, 2.75) is 0 Å². The minimum Gasteiger partial charge on any atom is -0.383 e. The van der Waals surface area contributed by atoms with E-state index < -0.39 is 23.4 Å². The largest absolute Gasteiger partial charge is 0.383 e. The van der Waals surface area contributed by atoms with Crippen LogP contribution in [0.15, 0.2) is 48.2 Å². The maximum absolute atomic E-state index is 14.5. The Kier molecular flexibility index (Phi) is 7.37. The predicted octanol–water partition coefficient (Wildman–Crippen LogP) is 3.50. The molecule has 164 valence electrons. The molecular formula is C22H21ClF2N2O4. The molecule has 2 aromatic carbocycles. The lowest BCUT2D eigenvalue weighted by atomic mass is 10.0. The number of ether oxygens (including phenoxy) is 2. The van der Waals surface area contributed by atoms with Crippen molar-refractivity contribution in [1.82, 2.24) is 4.90 Å². The zero-order chi connectivity index (χ0) is 22.5. The maximum atomic E-state index is 14.5. The molecule has 0 aromatic heterocycles. The first kappa shape index (κ1) is 22.9. The molecule has 0 saturated carbocycles. The number of imide groups is 1. The molecule has 0 unspecified atom stereocenters. The quantitative estimate of drug-likeness (QED) is 0.547. The van der Waals surface area contributed by atoms with Crippen LogP contribution in [0.2, 0.25) is 5.02 Å². The fourth-order valence-electron chi connectivity index (χ4n) is 3.31. The molecule has 0 radical (unpaired) electrons. The van der Waals surface area contributed by atoms with E-state index in [0.29, 0.717) is 29.7 Å². The van der Waals surface area contributed by atoms with Gasteiger partial charge in [-0.2, -0.15) is 0 Å². The molecule has 0 atom stereocenters. The SMILES string of the molecule is COCCN(CCOC)C1=C(c2ccc(Cl)cc2)C(=O)N(c2ccc(F)cc2F)C1=O. The number of nitrogens with zero attached hydrogens (tertiary/aromatic N) is 2. The smallest absolute Gasteiger partial charge is 0.282 e. The molecular weight excluding hydrogens is 430 g/mol. The van der Waals surface area contributed by atoms with Crippen LogP contribution >= 0.6 is 11.6 Å². The Hall–Kier alpha value is -2.81. The van der Waals surface area contributed by atoms with Crippen LogP contribution in [0.3, 0.4) is 0 Å². The number of hydrogen-bond acceptors (Lipinski definition) is 5. The van der Waals surface area contributed by atoms with E-state index in [1.807, 2.05) is 0 Å². The lowest BCUT2D eigenvalue weighted by Gasteiger charge is -2.25. The summed E-state index contributed by atoms with van der Waals surface area (Å²) in [6.07, 6.45) is 0. The first-order valence-corrected chi connectivity index (χ1v) is 9.83. The van der Waals surface area contributed by atoms with E-state index in [0.717, 1.165) is 17.0 Å². The third-order valence-corrected chi connectivity index (χ3v) is 5.04. The molecule has 0 N–H and O–H groups in total. The molecule has 2 amide bonds. The molecule has 6 nitrogen and oxygen atoms in total. The first-order valence-electron chi connectivity index (χ1n) is 9.46. The van der Waals surface area contributed by atoms with Gasteiger partial charge in [0.25, 0.3) is 11.8 Å². The number of anilines is 1. The van der Waals surface area contributed by atoms with Crippen molar-refractivity contribution < 1.29 is 27.8 Å². The summed E-state index contributed by atoms with van der Waals surface area (Å²) >= 11 is 5.97. The van der Waals surface area contributed by atoms with Crippen molar-refractivity contribution in [3.8, 4) is 0 Å². The summed E-state index contributed by atoms with van der Waals surface area (Å²) in [4.78, 5) is 29.2. The number of halogens is 3. The van der Waals surface area contributed by atoms with E-state index in [1.54, 1.807) is 29.2 Å². The predicted molar refractivity (Wildman–Crippen MR) is 113 cm³/mol. The molecule has 31 heavy (non-hydrogen) atoms. The van der Waals surface area contributed by atoms with Crippen molar-refractivity contribution in [2.24, 2.45) is 0 Å². The summed E-state index contributed by atoms with van der Waals surface area (Å²) in [6, 6.07) is 9.09. The molecule has 9 heteroatoms. The number of carbonyl (C=O) groups is 2. The third kappa shape index (κ3) is 4.76. The first-order chi connectivity index (χ1) is 14.9. The monoisotopic (exact) mass is 450 g/mol. The lowest BCUT2D eigenvalue weighted by Crippen LogP contribution is -2.38. The Balaban J connectivity index is 2.14. The van der Waals surface area contributed by atoms with Gasteiger partial charge in [0, 0.05) is 38.4 Å². The second-order valence-electron chi connectivity index (χ2n) is 6.74. The van der Waals surface area contributed by atoms with Crippen molar-refractivity contribution in [2.75, 3.05) is 45.4 Å². The van der Waals surface area contributed by atoms with Gasteiger partial charge >= 0.3 is 0 Å². The van der Waals surface area contributed by atoms with Crippen molar-refractivity contribution in [3.63, 3.8) is 0 Å². The zero-order valence-corrected chi connectivity index (χ0v) is 17.8. The summed E-state index contributed by atoms with van der Waals surface area (Å²) in [5.41, 5.74) is 0.307. The van der Waals surface area contributed by atoms with Crippen LogP contribution in [0, 0.1) is 11.6 Å². The van der Waals surface area contributed by atoms with Crippen LogP contribution in [-0.4, -0.2) is 57.2 Å². The molecule has 0 aliphatic carbocycles. The van der Waals surface area contributed by atoms with Gasteiger partial charge in [0.05, 0.1) is 24.5 Å². The Morgan fingerprint density at radius 2 is 1.55 bits per heavy atom. The van der Waals surface area contributed by atoms with Gasteiger partial charge in [0.2, 0.25) is 0 Å². The van der Waals surface area contributed by atoms with E-state index in [4.69, 9.17) is 21.1 Å². The third-order valence-electron chi connectivity index (χ3n) is 4.79. The number of benzene rings is 2. The summed E-state index contributed by atoms with van der Waals surface area (Å²) in [5, 5.41) is 0.458. The summed E-state index contributed by atoms with van der Waals surface area (Å²) in [5.74, 6) is -3.26. The highest BCUT2D eigenvalue weighted by Gasteiger charge is 2.43. The van der Waals surface area contributed by atoms with Crippen LogP contribution in [0.4, 0.5) is 14.5 Å². The van der Waals surface area contributed by atoms with Crippen LogP contribution < -0.4 is 4.90 Å². The van der Waals surface area contributed by atoms with Gasteiger partial charge in [0.1, 0.15) is 17.3 Å². The molecule has 3 rings (SSSR count). The van der Waals surface area contributed by atoms with Gasteiger partial charge in [-0.3, -0.25) is 9.59 Å². The van der Waals surface area contributed by atoms with Crippen LogP contribution in [-0.2, 0) is 19.1 Å². The Morgan fingerprint density at radius 1 is 0.935 bits per heavy atom. The number of amides is 2. The average Bonchev–Trinajstić information content (AvgIpc) is 2.99. The number of carbonyl (C=O) groups excluding carboxylic acids is 2. The van der Waals surface area contributed by atoms with Crippen LogP contribution in [0.1, 0.15) is 5.56 Å². The molecule has 1 aliphatic rings. The highest BCUT2D eigenvalue weighted by atomic mass is 35.5. The van der Waals surface area contributed by atoms with E-state index in [-0.39, 0.29) is 30.2 Å². The second-order valence-corrected chi connectivity index (χ2v) is 7.18. The summed E-state index contributed by atoms with van der Waals surface area (Å²) in [6.45, 7) is 1.16. The number of methoxy groups -OCH3 is 2. The minimum atomic E-state index is -1.02. The number of hydrogen-bond donors (Lipinski definition) is 0. The topological polar surface area (TPSA) is 59.1 Å². The highest BCUT2D eigenvalue weighted by Crippen LogP contribution is 2.36. The minimum absolute atomic E-state index is 0.0881. The molecule has 0 fully saturated rings. The van der Waals surface area contributed by atoms with Gasteiger partial charge in [-0.25, -0.2) is 13.7 Å². The molecule has 0 saturated heterocycles. The van der Waals surface area contributed by atoms with E-state index >= 15 is 0 Å². The average molecular weight is 451 g/mol. The fraction of sp³-hybridized carbons (Fsp3) is 0.273. The zero-order valence-electron chi connectivity index (χ0n) is 17.0. The maximum Gasteiger partial charge on any atom is 0.282 e. The fourth-order valence-corrected chi connectivity index (χ4v) is 3.43. The summed E-state index contributed by atoms with van der Waals surface area (Å²) in [7, 11) is 3.04. The molecule has 0 spiro atoms. The molecule has 0 bridgehead atoms. The van der Waals surface area contributed by atoms with Gasteiger partial charge < -0.3 is 14.4 Å². The Bertz CT molecular complexity index is 1000. The van der Waals surface area contributed by atoms with Gasteiger partial charge in [-0.1, -0.05) is 23.7 Å². The van der Waals surface area contributed by atoms with Crippen molar-refractivity contribution >= 4 is 34.7 Å². The number of rotatable bonds is 9. The van der Waals surface area contributed by atoms with Gasteiger partial charge in [-0.05, 0) is 29.8 Å².